The summed E-state index contributed by atoms with van der Waals surface area (Å²) >= 11 is 0. The van der Waals surface area contributed by atoms with Crippen LogP contribution >= 0.6 is 0 Å². The molecular weight excluding hydrogens is 400 g/mol. The minimum absolute atomic E-state index is 0.111. The van der Waals surface area contributed by atoms with Gasteiger partial charge in [-0.05, 0) is 47.5 Å². The van der Waals surface area contributed by atoms with Crippen molar-refractivity contribution in [2.45, 2.75) is 19.6 Å². The second kappa shape index (κ2) is 8.87. The number of ketones is 1. The molecule has 1 fully saturated rings. The van der Waals surface area contributed by atoms with Gasteiger partial charge in [-0.15, -0.1) is 0 Å². The molecule has 0 saturated carbocycles. The molecule has 7 heteroatoms. The second-order valence-electron chi connectivity index (χ2n) is 7.18. The van der Waals surface area contributed by atoms with E-state index in [1.165, 1.54) is 14.2 Å². The quantitative estimate of drug-likeness (QED) is 0.544. The first-order valence-electron chi connectivity index (χ1n) is 9.45. The highest BCUT2D eigenvalue weighted by Gasteiger charge is 2.36. The predicted molar refractivity (Wildman–Crippen MR) is 113 cm³/mol. The summed E-state index contributed by atoms with van der Waals surface area (Å²) in [5, 5.41) is 0. The van der Waals surface area contributed by atoms with Crippen molar-refractivity contribution >= 4 is 29.9 Å². The van der Waals surface area contributed by atoms with E-state index < -0.39 is 23.5 Å². The number of carbonyl (C=O) groups is 3. The highest BCUT2D eigenvalue weighted by atomic mass is 16.7. The smallest absolute Gasteiger partial charge is 0.337 e. The Kier molecular flexibility index (Phi) is 6.25. The van der Waals surface area contributed by atoms with Gasteiger partial charge >= 0.3 is 11.9 Å². The fourth-order valence-electron chi connectivity index (χ4n) is 2.92. The number of hydrogen-bond acceptors (Lipinski definition) is 7. The summed E-state index contributed by atoms with van der Waals surface area (Å²) in [5.41, 5.74) is 2.16. The van der Waals surface area contributed by atoms with Crippen molar-refractivity contribution in [3.63, 3.8) is 0 Å². The first kappa shape index (κ1) is 21.8. The first-order valence-corrected chi connectivity index (χ1v) is 9.45. The van der Waals surface area contributed by atoms with Crippen molar-refractivity contribution in [2.75, 3.05) is 14.2 Å². The van der Waals surface area contributed by atoms with Crippen molar-refractivity contribution in [2.24, 2.45) is 0 Å². The molecule has 1 saturated heterocycles. The Bertz CT molecular complexity index is 975. The van der Waals surface area contributed by atoms with Gasteiger partial charge in [-0.2, -0.15) is 0 Å². The van der Waals surface area contributed by atoms with E-state index in [2.05, 4.69) is 9.47 Å². The normalized spacial score (nSPS) is 17.6. The van der Waals surface area contributed by atoms with Gasteiger partial charge in [0.05, 0.1) is 25.3 Å². The van der Waals surface area contributed by atoms with Gasteiger partial charge in [-0.3, -0.25) is 4.79 Å². The van der Waals surface area contributed by atoms with Crippen LogP contribution in [0.4, 0.5) is 0 Å². The molecule has 3 rings (SSSR count). The summed E-state index contributed by atoms with van der Waals surface area (Å²) in [6, 6.07) is 13.2. The Morgan fingerprint density at radius 3 is 1.42 bits per heavy atom. The maximum absolute atomic E-state index is 12.9. The Hall–Kier alpha value is -3.87. The van der Waals surface area contributed by atoms with Gasteiger partial charge in [0, 0.05) is 13.8 Å². The van der Waals surface area contributed by atoms with Gasteiger partial charge in [0.2, 0.25) is 5.79 Å². The molecule has 0 aromatic heterocycles. The van der Waals surface area contributed by atoms with Crippen LogP contribution in [0.1, 0.15) is 45.7 Å². The first-order chi connectivity index (χ1) is 14.7. The lowest BCUT2D eigenvalue weighted by Gasteiger charge is -2.33. The minimum atomic E-state index is -1.07. The zero-order valence-corrected chi connectivity index (χ0v) is 17.6. The topological polar surface area (TPSA) is 88.1 Å². The van der Waals surface area contributed by atoms with E-state index in [9.17, 15) is 14.4 Å². The van der Waals surface area contributed by atoms with E-state index >= 15 is 0 Å². The molecule has 2 aromatic rings. The second-order valence-corrected chi connectivity index (χ2v) is 7.18. The van der Waals surface area contributed by atoms with Crippen LogP contribution < -0.4 is 0 Å². The minimum Gasteiger partial charge on any atom is -0.465 e. The lowest BCUT2D eigenvalue weighted by Crippen LogP contribution is -2.36. The Balaban J connectivity index is 1.89. The van der Waals surface area contributed by atoms with Crippen LogP contribution in [0.25, 0.3) is 12.2 Å². The third-order valence-electron chi connectivity index (χ3n) is 4.42. The number of methoxy groups -OCH3 is 2. The van der Waals surface area contributed by atoms with Crippen molar-refractivity contribution in [3.05, 3.63) is 82.3 Å². The SMILES string of the molecule is COC(=O)c1ccc(/C=C2\OC(C)(C)O/C(=C\c3ccc(C(=O)OC)cc3)C2=O)cc1. The Morgan fingerprint density at radius 1 is 0.742 bits per heavy atom. The monoisotopic (exact) mass is 422 g/mol. The van der Waals surface area contributed by atoms with E-state index in [0.717, 1.165) is 0 Å². The summed E-state index contributed by atoms with van der Waals surface area (Å²) < 4.78 is 20.8. The summed E-state index contributed by atoms with van der Waals surface area (Å²) in [7, 11) is 2.62. The van der Waals surface area contributed by atoms with Crippen LogP contribution in [0.5, 0.6) is 0 Å². The molecule has 2 aromatic carbocycles. The number of carbonyl (C=O) groups excluding carboxylic acids is 3. The zero-order valence-electron chi connectivity index (χ0n) is 17.6. The van der Waals surface area contributed by atoms with E-state index in [0.29, 0.717) is 22.3 Å². The van der Waals surface area contributed by atoms with Crippen LogP contribution in [0, 0.1) is 0 Å². The molecule has 160 valence electrons. The van der Waals surface area contributed by atoms with Gasteiger partial charge < -0.3 is 18.9 Å². The maximum Gasteiger partial charge on any atom is 0.337 e. The molecule has 1 heterocycles. The molecule has 0 amide bonds. The van der Waals surface area contributed by atoms with E-state index in [4.69, 9.17) is 9.47 Å². The zero-order chi connectivity index (χ0) is 22.6. The number of ether oxygens (including phenoxy) is 4. The van der Waals surface area contributed by atoms with Gasteiger partial charge in [0.15, 0.2) is 11.5 Å². The summed E-state index contributed by atoms with van der Waals surface area (Å²) in [6.07, 6.45) is 3.17. The van der Waals surface area contributed by atoms with Crippen LogP contribution in [-0.2, 0) is 23.7 Å². The van der Waals surface area contributed by atoms with Crippen molar-refractivity contribution in [3.8, 4) is 0 Å². The number of benzene rings is 2. The van der Waals surface area contributed by atoms with Crippen LogP contribution in [-0.4, -0.2) is 37.7 Å². The molecule has 0 aliphatic carbocycles. The third-order valence-corrected chi connectivity index (χ3v) is 4.42. The lowest BCUT2D eigenvalue weighted by molar-refractivity contribution is -0.189. The average Bonchev–Trinajstić information content (AvgIpc) is 2.76. The third kappa shape index (κ3) is 5.19. The lowest BCUT2D eigenvalue weighted by atomic mass is 10.1. The van der Waals surface area contributed by atoms with Crippen LogP contribution in [0.3, 0.4) is 0 Å². The predicted octanol–water partition coefficient (Wildman–Crippen LogP) is 3.99. The molecule has 0 unspecified atom stereocenters. The molecule has 1 aliphatic heterocycles. The fraction of sp³-hybridized carbons (Fsp3) is 0.208. The number of hydrogen-bond donors (Lipinski definition) is 0. The molecule has 0 radical (unpaired) electrons. The van der Waals surface area contributed by atoms with Crippen molar-refractivity contribution in [1.29, 1.82) is 0 Å². The standard InChI is InChI=1S/C24H22O7/c1-24(2)30-19(13-15-5-9-17(10-6-15)22(26)28-3)21(25)20(31-24)14-16-7-11-18(12-8-16)23(27)29-4/h5-14H,1-4H3/b19-13-,20-14-. The van der Waals surface area contributed by atoms with Gasteiger partial charge in [-0.1, -0.05) is 24.3 Å². The van der Waals surface area contributed by atoms with Crippen LogP contribution in [0.15, 0.2) is 60.0 Å². The molecule has 31 heavy (non-hydrogen) atoms. The number of Topliss-reactive ketones (excluding diaryl/α,β-unsaturated/α-hetero) is 1. The fourth-order valence-corrected chi connectivity index (χ4v) is 2.92. The highest BCUT2D eigenvalue weighted by Crippen LogP contribution is 2.31. The molecular formula is C24H22O7. The van der Waals surface area contributed by atoms with E-state index in [1.54, 1.807) is 74.5 Å². The molecule has 0 N–H and O–H groups in total. The Morgan fingerprint density at radius 2 is 1.10 bits per heavy atom. The summed E-state index contributed by atoms with van der Waals surface area (Å²) in [6.45, 7) is 3.39. The van der Waals surface area contributed by atoms with Crippen molar-refractivity contribution in [1.82, 2.24) is 0 Å². The number of esters is 2. The molecule has 1 aliphatic rings. The largest absolute Gasteiger partial charge is 0.465 e. The van der Waals surface area contributed by atoms with Gasteiger partial charge in [0.1, 0.15) is 0 Å². The Labute approximate surface area is 179 Å². The van der Waals surface area contributed by atoms with Crippen molar-refractivity contribution < 1.29 is 33.3 Å². The highest BCUT2D eigenvalue weighted by molar-refractivity contribution is 6.11. The summed E-state index contributed by atoms with van der Waals surface area (Å²) in [4.78, 5) is 36.1. The number of rotatable bonds is 4. The molecule has 0 bridgehead atoms. The maximum atomic E-state index is 12.9. The van der Waals surface area contributed by atoms with Gasteiger partial charge in [-0.25, -0.2) is 9.59 Å². The summed E-state index contributed by atoms with van der Waals surface area (Å²) in [5.74, 6) is -2.15. The molecule has 0 atom stereocenters. The van der Waals surface area contributed by atoms with Crippen LogP contribution in [0.2, 0.25) is 0 Å². The van der Waals surface area contributed by atoms with E-state index in [-0.39, 0.29) is 11.5 Å². The van der Waals surface area contributed by atoms with Gasteiger partial charge in [0.25, 0.3) is 5.78 Å². The molecule has 0 spiro atoms. The average molecular weight is 422 g/mol. The van der Waals surface area contributed by atoms with E-state index in [1.807, 2.05) is 0 Å². The molecule has 7 nitrogen and oxygen atoms in total.